The fraction of sp³-hybridized carbons (Fsp3) is 0.679. The highest BCUT2D eigenvalue weighted by Gasteiger charge is 2.70. The Hall–Kier alpha value is -3.26. The molecule has 2 heterocycles. The maximum absolute atomic E-state index is 13.2. The molecule has 2 aliphatic heterocycles. The van der Waals surface area contributed by atoms with Crippen molar-refractivity contribution < 1.29 is 19.4 Å². The molecule has 0 aromatic heterocycles. The number of ketones is 1. The number of ether oxygens (including phenoxy) is 1. The van der Waals surface area contributed by atoms with Crippen molar-refractivity contribution in [1.29, 1.82) is 0 Å². The van der Waals surface area contributed by atoms with Crippen molar-refractivity contribution in [3.63, 3.8) is 0 Å². The zero-order valence-electron chi connectivity index (χ0n) is 40.3. The number of benzene rings is 2. The molecule has 1 unspecified atom stereocenters. The summed E-state index contributed by atoms with van der Waals surface area (Å²) in [6, 6.07) is 17.8. The van der Waals surface area contributed by atoms with Gasteiger partial charge in [0.25, 0.3) is 0 Å². The van der Waals surface area contributed by atoms with Crippen LogP contribution in [0, 0.1) is 51.2 Å². The molecule has 2 saturated heterocycles. The summed E-state index contributed by atoms with van der Waals surface area (Å²) in [7, 11) is 0. The predicted molar refractivity (Wildman–Crippen MR) is 254 cm³/mol. The molecule has 1 amide bonds. The van der Waals surface area contributed by atoms with Gasteiger partial charge < -0.3 is 15.2 Å². The lowest BCUT2D eigenvalue weighted by atomic mass is 9.33. The number of nitrogens with one attached hydrogen (secondary N) is 1. The van der Waals surface area contributed by atoms with Crippen LogP contribution in [0.2, 0.25) is 0 Å². The lowest BCUT2D eigenvalue weighted by Gasteiger charge is -2.72. The van der Waals surface area contributed by atoms with Crippen molar-refractivity contribution in [3.8, 4) is 0 Å². The number of rotatable bonds is 9. The first-order chi connectivity index (χ1) is 29.7. The van der Waals surface area contributed by atoms with Gasteiger partial charge in [-0.2, -0.15) is 0 Å². The van der Waals surface area contributed by atoms with Crippen molar-refractivity contribution in [3.05, 3.63) is 89.5 Å². The molecule has 7 heteroatoms. The molecular formula is C56H79N3O4. The number of carbonyl (C=O) groups excluding carboxylic acids is 2. The Labute approximate surface area is 379 Å². The third kappa shape index (κ3) is 7.32. The molecule has 2 aromatic carbocycles. The molecule has 2 bridgehead atoms. The molecule has 0 spiro atoms. The minimum Gasteiger partial charge on any atom is -0.444 e. The summed E-state index contributed by atoms with van der Waals surface area (Å²) in [6.07, 6.45) is 14.8. The van der Waals surface area contributed by atoms with Crippen LogP contribution in [0.5, 0.6) is 0 Å². The van der Waals surface area contributed by atoms with Gasteiger partial charge in [-0.3, -0.25) is 14.6 Å². The van der Waals surface area contributed by atoms with E-state index in [2.05, 4.69) is 81.4 Å². The quantitative estimate of drug-likeness (QED) is 0.193. The normalized spacial score (nSPS) is 38.7. The zero-order chi connectivity index (χ0) is 44.9. The van der Waals surface area contributed by atoms with Crippen LogP contribution in [0.1, 0.15) is 161 Å². The maximum atomic E-state index is 13.2. The number of likely N-dealkylation sites (tertiary alicyclic amines) is 1. The Morgan fingerprint density at radius 1 is 0.841 bits per heavy atom. The van der Waals surface area contributed by atoms with Crippen LogP contribution in [0.4, 0.5) is 4.79 Å². The van der Waals surface area contributed by atoms with Crippen molar-refractivity contribution in [2.24, 2.45) is 51.2 Å². The molecule has 7 nitrogen and oxygen atoms in total. The number of piperazine rings is 1. The van der Waals surface area contributed by atoms with Crippen LogP contribution in [-0.4, -0.2) is 76.2 Å². The number of Topliss-reactive ketones (excluding diaryl/α,β-unsaturated/α-hetero) is 1. The number of allylic oxidation sites excluding steroid dienone is 3. The number of carbonyl (C=O) groups is 2. The molecule has 4 saturated carbocycles. The van der Waals surface area contributed by atoms with Gasteiger partial charge in [-0.1, -0.05) is 107 Å². The summed E-state index contributed by atoms with van der Waals surface area (Å²) in [6.45, 7) is 30.0. The fourth-order valence-electron chi connectivity index (χ4n) is 16.6. The first kappa shape index (κ1) is 44.9. The number of amides is 1. The topological polar surface area (TPSA) is 82.1 Å². The molecule has 63 heavy (non-hydrogen) atoms. The van der Waals surface area contributed by atoms with Gasteiger partial charge in [0.05, 0.1) is 0 Å². The predicted octanol–water partition coefficient (Wildman–Crippen LogP) is 11.7. The SMILES string of the molecule is C=C(C)[C@@H]1CC[C@]2(NCCN3C[C@H]4CC[C@@H](C3)N4C(=O)OC(C)(C)C)CC[C@]3(C)[C@H](CC[C@@H]4[C@@]5(C)CC=C(c6ccc(C(O)C(=O)c7ccccc7)cc6)C(C)(C)[C@@H]5CC[C@]43C)[C@@H]12. The summed E-state index contributed by atoms with van der Waals surface area (Å²) in [5, 5.41) is 15.4. The molecular weight excluding hydrogens is 779 g/mol. The molecule has 0 radical (unpaired) electrons. The monoisotopic (exact) mass is 858 g/mol. The maximum Gasteiger partial charge on any atom is 0.410 e. The first-order valence-corrected chi connectivity index (χ1v) is 24.9. The lowest BCUT2D eigenvalue weighted by Crippen LogP contribution is -2.68. The van der Waals surface area contributed by atoms with E-state index in [0.717, 1.165) is 45.4 Å². The van der Waals surface area contributed by atoms with E-state index in [4.69, 9.17) is 4.74 Å². The minimum absolute atomic E-state index is 0.00386. The largest absolute Gasteiger partial charge is 0.444 e. The molecule has 7 aliphatic rings. The first-order valence-electron chi connectivity index (χ1n) is 24.9. The highest BCUT2D eigenvalue weighted by atomic mass is 16.6. The van der Waals surface area contributed by atoms with Crippen LogP contribution < -0.4 is 5.32 Å². The molecule has 5 aliphatic carbocycles. The van der Waals surface area contributed by atoms with Gasteiger partial charge in [0.15, 0.2) is 5.78 Å². The number of fused-ring (bicyclic) bond motifs is 9. The second kappa shape index (κ2) is 16.0. The van der Waals surface area contributed by atoms with E-state index in [1.807, 2.05) is 51.1 Å². The second-order valence-electron chi connectivity index (χ2n) is 24.1. The van der Waals surface area contributed by atoms with Crippen LogP contribution >= 0.6 is 0 Å². The average Bonchev–Trinajstić information content (AvgIpc) is 3.75. The van der Waals surface area contributed by atoms with Crippen LogP contribution in [0.15, 0.2) is 72.8 Å². The van der Waals surface area contributed by atoms with Crippen molar-refractivity contribution in [1.82, 2.24) is 15.1 Å². The minimum atomic E-state index is -1.17. The van der Waals surface area contributed by atoms with Gasteiger partial charge >= 0.3 is 6.09 Å². The Morgan fingerprint density at radius 3 is 2.17 bits per heavy atom. The van der Waals surface area contributed by atoms with Gasteiger partial charge in [0, 0.05) is 49.4 Å². The van der Waals surface area contributed by atoms with Gasteiger partial charge in [0.1, 0.15) is 11.7 Å². The van der Waals surface area contributed by atoms with E-state index in [9.17, 15) is 14.7 Å². The molecule has 12 atom stereocenters. The summed E-state index contributed by atoms with van der Waals surface area (Å²) in [5.74, 6) is 2.87. The van der Waals surface area contributed by atoms with E-state index in [-0.39, 0.29) is 51.2 Å². The molecule has 6 fully saturated rings. The van der Waals surface area contributed by atoms with Crippen LogP contribution in [0.3, 0.4) is 0 Å². The second-order valence-corrected chi connectivity index (χ2v) is 24.1. The van der Waals surface area contributed by atoms with Gasteiger partial charge in [-0.05, 0) is 166 Å². The summed E-state index contributed by atoms with van der Waals surface area (Å²) in [5.41, 5.74) is 5.67. The molecule has 9 rings (SSSR count). The van der Waals surface area contributed by atoms with Crippen LogP contribution in [0.25, 0.3) is 5.57 Å². The van der Waals surface area contributed by atoms with Gasteiger partial charge in [-0.15, -0.1) is 0 Å². The van der Waals surface area contributed by atoms with Gasteiger partial charge in [-0.25, -0.2) is 4.79 Å². The molecule has 2 N–H and O–H groups in total. The Bertz CT molecular complexity index is 2090. The van der Waals surface area contributed by atoms with E-state index in [0.29, 0.717) is 40.7 Å². The third-order valence-corrected chi connectivity index (χ3v) is 19.6. The highest BCUT2D eigenvalue weighted by Crippen LogP contribution is 2.76. The molecule has 2 aromatic rings. The summed E-state index contributed by atoms with van der Waals surface area (Å²) in [4.78, 5) is 31.0. The number of aliphatic hydroxyl groups is 1. The molecule has 342 valence electrons. The van der Waals surface area contributed by atoms with Crippen molar-refractivity contribution in [2.45, 2.75) is 162 Å². The summed E-state index contributed by atoms with van der Waals surface area (Å²) >= 11 is 0. The van der Waals surface area contributed by atoms with Crippen molar-refractivity contribution >= 4 is 17.4 Å². The Kier molecular flexibility index (Phi) is 11.4. The number of nitrogens with zero attached hydrogens (tertiary/aromatic N) is 2. The number of aliphatic hydroxyl groups excluding tert-OH is 1. The van der Waals surface area contributed by atoms with Crippen molar-refractivity contribution in [2.75, 3.05) is 26.2 Å². The Balaban J connectivity index is 0.904. The van der Waals surface area contributed by atoms with Crippen LogP contribution in [-0.2, 0) is 4.74 Å². The van der Waals surface area contributed by atoms with E-state index in [1.165, 1.54) is 68.1 Å². The Morgan fingerprint density at radius 2 is 1.52 bits per heavy atom. The van der Waals surface area contributed by atoms with E-state index in [1.54, 1.807) is 12.1 Å². The highest BCUT2D eigenvalue weighted by molar-refractivity contribution is 5.99. The fourth-order valence-corrected chi connectivity index (χ4v) is 16.6. The van der Waals surface area contributed by atoms with Gasteiger partial charge in [0.2, 0.25) is 0 Å². The van der Waals surface area contributed by atoms with E-state index < -0.39 is 11.7 Å². The third-order valence-electron chi connectivity index (χ3n) is 19.6. The smallest absolute Gasteiger partial charge is 0.410 e. The lowest BCUT2D eigenvalue weighted by molar-refractivity contribution is -0.219. The zero-order valence-corrected chi connectivity index (χ0v) is 40.3. The number of hydrogen-bond donors (Lipinski definition) is 2. The number of hydrogen-bond acceptors (Lipinski definition) is 6. The van der Waals surface area contributed by atoms with E-state index >= 15 is 0 Å². The summed E-state index contributed by atoms with van der Waals surface area (Å²) < 4.78 is 5.84. The standard InChI is InChI=1S/C56H79N3O4/c1-36(2)42-24-29-56(57-32-33-58-34-40-20-21-41(35-58)59(40)50(62)63-51(3,4)5)31-30-54(9)44(47(42)56)22-23-46-53(8)27-25-43(52(6,7)45(53)26-28-55(46,54)10)37-16-18-39(19-17-37)49(61)48(60)38-14-12-11-13-15-38/h11-19,25,40-42,44-47,49,57,61H,1,20-24,26-35H2,2-10H3/t40-,41+,42-,44+,45-,46+,47+,49?,53-,54+,55+,56-/m0/s1. The average molecular weight is 858 g/mol.